The third-order valence-corrected chi connectivity index (χ3v) is 3.91. The van der Waals surface area contributed by atoms with Crippen LogP contribution in [0.15, 0.2) is 24.3 Å². The summed E-state index contributed by atoms with van der Waals surface area (Å²) in [5.41, 5.74) is 0.557. The highest BCUT2D eigenvalue weighted by Crippen LogP contribution is 2.30. The molecule has 1 aliphatic heterocycles. The van der Waals surface area contributed by atoms with Gasteiger partial charge in [0.05, 0.1) is 12.0 Å². The predicted octanol–water partition coefficient (Wildman–Crippen LogP) is 2.77. The molecule has 0 saturated carbocycles. The minimum atomic E-state index is -0.690. The van der Waals surface area contributed by atoms with Crippen LogP contribution in [0, 0.1) is 5.41 Å². The SMILES string of the molecule is CCOc1cccc(CN2CCCC(C)(C(=O)O)C2)c1. The molecule has 1 aliphatic rings. The van der Waals surface area contributed by atoms with Gasteiger partial charge in [-0.1, -0.05) is 12.1 Å². The van der Waals surface area contributed by atoms with Crippen molar-refractivity contribution in [2.45, 2.75) is 33.2 Å². The normalized spacial score (nSPS) is 23.5. The van der Waals surface area contributed by atoms with E-state index in [-0.39, 0.29) is 0 Å². The Labute approximate surface area is 120 Å². The first-order chi connectivity index (χ1) is 9.53. The van der Waals surface area contributed by atoms with Gasteiger partial charge in [0.2, 0.25) is 0 Å². The number of aliphatic carboxylic acids is 1. The fraction of sp³-hybridized carbons (Fsp3) is 0.562. The second-order valence-corrected chi connectivity index (χ2v) is 5.76. The van der Waals surface area contributed by atoms with Gasteiger partial charge in [0.1, 0.15) is 5.75 Å². The number of ether oxygens (including phenoxy) is 1. The first kappa shape index (κ1) is 14.9. The number of benzene rings is 1. The maximum absolute atomic E-state index is 11.4. The van der Waals surface area contributed by atoms with Crippen molar-refractivity contribution in [2.24, 2.45) is 5.41 Å². The monoisotopic (exact) mass is 277 g/mol. The molecule has 1 unspecified atom stereocenters. The molecule has 1 heterocycles. The number of rotatable bonds is 5. The summed E-state index contributed by atoms with van der Waals surface area (Å²) < 4.78 is 5.50. The third kappa shape index (κ3) is 3.51. The summed E-state index contributed by atoms with van der Waals surface area (Å²) in [6, 6.07) is 8.04. The Balaban J connectivity index is 2.02. The van der Waals surface area contributed by atoms with Crippen molar-refractivity contribution in [3.8, 4) is 5.75 Å². The smallest absolute Gasteiger partial charge is 0.310 e. The molecule has 110 valence electrons. The quantitative estimate of drug-likeness (QED) is 0.899. The van der Waals surface area contributed by atoms with Gasteiger partial charge in [0.25, 0.3) is 0 Å². The summed E-state index contributed by atoms with van der Waals surface area (Å²) in [5.74, 6) is 0.188. The van der Waals surface area contributed by atoms with Crippen LogP contribution in [0.4, 0.5) is 0 Å². The van der Waals surface area contributed by atoms with Crippen LogP contribution in [0.25, 0.3) is 0 Å². The average Bonchev–Trinajstić information content (AvgIpc) is 2.39. The highest BCUT2D eigenvalue weighted by molar-refractivity contribution is 5.74. The highest BCUT2D eigenvalue weighted by atomic mass is 16.5. The van der Waals surface area contributed by atoms with Crippen molar-refractivity contribution in [3.63, 3.8) is 0 Å². The van der Waals surface area contributed by atoms with Crippen molar-refractivity contribution >= 4 is 5.97 Å². The molecule has 20 heavy (non-hydrogen) atoms. The van der Waals surface area contributed by atoms with Crippen LogP contribution in [0.3, 0.4) is 0 Å². The molecule has 1 N–H and O–H groups in total. The number of piperidine rings is 1. The Morgan fingerprint density at radius 3 is 3.00 bits per heavy atom. The Kier molecular flexibility index (Phi) is 4.65. The molecule has 2 rings (SSSR count). The van der Waals surface area contributed by atoms with Crippen molar-refractivity contribution in [1.29, 1.82) is 0 Å². The number of carbonyl (C=O) groups is 1. The van der Waals surface area contributed by atoms with E-state index >= 15 is 0 Å². The second kappa shape index (κ2) is 6.27. The summed E-state index contributed by atoms with van der Waals surface area (Å²) in [7, 11) is 0. The van der Waals surface area contributed by atoms with E-state index in [1.54, 1.807) is 0 Å². The number of hydrogen-bond acceptors (Lipinski definition) is 3. The van der Waals surface area contributed by atoms with Gasteiger partial charge >= 0.3 is 5.97 Å². The Morgan fingerprint density at radius 1 is 1.50 bits per heavy atom. The summed E-state index contributed by atoms with van der Waals surface area (Å²) >= 11 is 0. The van der Waals surface area contributed by atoms with Gasteiger partial charge < -0.3 is 9.84 Å². The number of carboxylic acid groups (broad SMARTS) is 1. The van der Waals surface area contributed by atoms with E-state index in [0.717, 1.165) is 31.7 Å². The molecule has 4 heteroatoms. The molecule has 0 spiro atoms. The van der Waals surface area contributed by atoms with Crippen LogP contribution in [-0.4, -0.2) is 35.7 Å². The maximum Gasteiger partial charge on any atom is 0.310 e. The fourth-order valence-electron chi connectivity index (χ4n) is 2.81. The average molecular weight is 277 g/mol. The van der Waals surface area contributed by atoms with Crippen LogP contribution in [0.1, 0.15) is 32.3 Å². The molecular weight excluding hydrogens is 254 g/mol. The van der Waals surface area contributed by atoms with E-state index in [0.29, 0.717) is 13.2 Å². The summed E-state index contributed by atoms with van der Waals surface area (Å²) in [5, 5.41) is 9.35. The minimum Gasteiger partial charge on any atom is -0.494 e. The largest absolute Gasteiger partial charge is 0.494 e. The highest BCUT2D eigenvalue weighted by Gasteiger charge is 2.37. The van der Waals surface area contributed by atoms with Crippen molar-refractivity contribution in [3.05, 3.63) is 29.8 Å². The van der Waals surface area contributed by atoms with E-state index in [4.69, 9.17) is 4.74 Å². The topological polar surface area (TPSA) is 49.8 Å². The lowest BCUT2D eigenvalue weighted by Crippen LogP contribution is -2.45. The number of carboxylic acids is 1. The lowest BCUT2D eigenvalue weighted by molar-refractivity contribution is -0.151. The zero-order valence-corrected chi connectivity index (χ0v) is 12.3. The molecule has 0 aliphatic carbocycles. The van der Waals surface area contributed by atoms with Crippen LogP contribution in [0.2, 0.25) is 0 Å². The van der Waals surface area contributed by atoms with Gasteiger partial charge in [0.15, 0.2) is 0 Å². The maximum atomic E-state index is 11.4. The van der Waals surface area contributed by atoms with Crippen LogP contribution in [0.5, 0.6) is 5.75 Å². The van der Waals surface area contributed by atoms with Crippen LogP contribution in [-0.2, 0) is 11.3 Å². The first-order valence-corrected chi connectivity index (χ1v) is 7.21. The minimum absolute atomic E-state index is 0.612. The van der Waals surface area contributed by atoms with Gasteiger partial charge in [-0.25, -0.2) is 0 Å². The molecule has 4 nitrogen and oxygen atoms in total. The van der Waals surface area contributed by atoms with E-state index in [2.05, 4.69) is 11.0 Å². The molecule has 1 aromatic rings. The van der Waals surface area contributed by atoms with Crippen LogP contribution >= 0.6 is 0 Å². The summed E-state index contributed by atoms with van der Waals surface area (Å²) in [6.45, 7) is 6.82. The standard InChI is InChI=1S/C16H23NO3/c1-3-20-14-7-4-6-13(10-14)11-17-9-5-8-16(2,12-17)15(18)19/h4,6-7,10H,3,5,8-9,11-12H2,1-2H3,(H,18,19). The molecule has 1 aromatic carbocycles. The van der Waals surface area contributed by atoms with Gasteiger partial charge in [-0.3, -0.25) is 9.69 Å². The van der Waals surface area contributed by atoms with Gasteiger partial charge in [0, 0.05) is 13.1 Å². The Bertz CT molecular complexity index is 475. The van der Waals surface area contributed by atoms with Gasteiger partial charge in [-0.15, -0.1) is 0 Å². The number of nitrogens with zero attached hydrogens (tertiary/aromatic N) is 1. The molecule has 1 saturated heterocycles. The Morgan fingerprint density at radius 2 is 2.30 bits per heavy atom. The van der Waals surface area contributed by atoms with Crippen molar-refractivity contribution in [1.82, 2.24) is 4.90 Å². The summed E-state index contributed by atoms with van der Waals surface area (Å²) in [6.07, 6.45) is 1.70. The molecule has 0 bridgehead atoms. The van der Waals surface area contributed by atoms with Crippen LogP contribution < -0.4 is 4.74 Å². The summed E-state index contributed by atoms with van der Waals surface area (Å²) in [4.78, 5) is 13.6. The Hall–Kier alpha value is -1.55. The predicted molar refractivity (Wildman–Crippen MR) is 77.9 cm³/mol. The van der Waals surface area contributed by atoms with Crippen molar-refractivity contribution < 1.29 is 14.6 Å². The third-order valence-electron chi connectivity index (χ3n) is 3.91. The molecule has 0 aromatic heterocycles. The lowest BCUT2D eigenvalue weighted by atomic mass is 9.82. The van der Waals surface area contributed by atoms with E-state index in [1.165, 1.54) is 5.56 Å². The number of hydrogen-bond donors (Lipinski definition) is 1. The van der Waals surface area contributed by atoms with E-state index in [1.807, 2.05) is 32.0 Å². The van der Waals surface area contributed by atoms with Crippen molar-refractivity contribution in [2.75, 3.05) is 19.7 Å². The molecular formula is C16H23NO3. The second-order valence-electron chi connectivity index (χ2n) is 5.76. The lowest BCUT2D eigenvalue weighted by Gasteiger charge is -2.37. The molecule has 1 fully saturated rings. The molecule has 0 radical (unpaired) electrons. The fourth-order valence-corrected chi connectivity index (χ4v) is 2.81. The number of likely N-dealkylation sites (tertiary alicyclic amines) is 1. The first-order valence-electron chi connectivity index (χ1n) is 7.21. The van der Waals surface area contributed by atoms with Gasteiger partial charge in [-0.05, 0) is 50.9 Å². The zero-order valence-electron chi connectivity index (χ0n) is 12.3. The van der Waals surface area contributed by atoms with Gasteiger partial charge in [-0.2, -0.15) is 0 Å². The van der Waals surface area contributed by atoms with E-state index in [9.17, 15) is 9.90 Å². The molecule has 0 amide bonds. The zero-order chi connectivity index (χ0) is 14.6. The molecule has 1 atom stereocenters. The van der Waals surface area contributed by atoms with E-state index < -0.39 is 11.4 Å².